The number of aliphatic carboxylic acids is 1. The van der Waals surface area contributed by atoms with E-state index in [1.165, 1.54) is 19.3 Å². The van der Waals surface area contributed by atoms with Gasteiger partial charge in [0.05, 0.1) is 0 Å². The SMILES string of the molecule is CC(C)(OC(=O)C1(C(=O)O)CCCC1)C12CC3CC(CC(C3)C1)C2. The Morgan fingerprint density at radius 1 is 0.958 bits per heavy atom. The van der Waals surface area contributed by atoms with Crippen molar-refractivity contribution in [1.82, 2.24) is 0 Å². The van der Waals surface area contributed by atoms with Crippen molar-refractivity contribution >= 4 is 11.9 Å². The maximum absolute atomic E-state index is 12.9. The second kappa shape index (κ2) is 5.22. The lowest BCUT2D eigenvalue weighted by atomic mass is 9.46. The topological polar surface area (TPSA) is 63.6 Å². The Morgan fingerprint density at radius 3 is 1.83 bits per heavy atom. The Bertz CT molecular complexity index is 521. The first-order valence-corrected chi connectivity index (χ1v) is 9.73. The Kier molecular flexibility index (Phi) is 3.57. The van der Waals surface area contributed by atoms with Crippen molar-refractivity contribution in [3.05, 3.63) is 0 Å². The third-order valence-corrected chi connectivity index (χ3v) is 7.92. The summed E-state index contributed by atoms with van der Waals surface area (Å²) in [5.41, 5.74) is -1.79. The number of ether oxygens (including phenoxy) is 1. The zero-order chi connectivity index (χ0) is 17.2. The molecule has 5 aliphatic carbocycles. The highest BCUT2D eigenvalue weighted by Crippen LogP contribution is 2.64. The molecule has 0 radical (unpaired) electrons. The normalized spacial score (nSPS) is 39.8. The van der Waals surface area contributed by atoms with Crippen molar-refractivity contribution in [2.75, 3.05) is 0 Å². The largest absolute Gasteiger partial charge is 0.480 e. The van der Waals surface area contributed by atoms with E-state index in [0.29, 0.717) is 12.8 Å². The molecular weight excluding hydrogens is 304 g/mol. The van der Waals surface area contributed by atoms with Crippen molar-refractivity contribution in [2.45, 2.75) is 83.7 Å². The number of carboxylic acids is 1. The highest BCUT2D eigenvalue weighted by Gasteiger charge is 2.60. The molecule has 0 atom stereocenters. The van der Waals surface area contributed by atoms with Crippen LogP contribution in [0.1, 0.15) is 78.1 Å². The molecule has 4 nitrogen and oxygen atoms in total. The smallest absolute Gasteiger partial charge is 0.324 e. The van der Waals surface area contributed by atoms with Crippen molar-refractivity contribution in [1.29, 1.82) is 0 Å². The number of rotatable bonds is 4. The molecule has 0 saturated heterocycles. The van der Waals surface area contributed by atoms with Gasteiger partial charge in [0.15, 0.2) is 5.41 Å². The lowest BCUT2D eigenvalue weighted by molar-refractivity contribution is -0.209. The minimum atomic E-state index is -1.29. The van der Waals surface area contributed by atoms with Gasteiger partial charge < -0.3 is 9.84 Å². The third kappa shape index (κ3) is 2.24. The number of hydrogen-bond donors (Lipinski definition) is 1. The van der Waals surface area contributed by atoms with Crippen molar-refractivity contribution in [3.8, 4) is 0 Å². The van der Waals surface area contributed by atoms with Gasteiger partial charge in [-0.1, -0.05) is 12.8 Å². The van der Waals surface area contributed by atoms with Crippen molar-refractivity contribution < 1.29 is 19.4 Å². The number of carboxylic acid groups (broad SMARTS) is 1. The highest BCUT2D eigenvalue weighted by atomic mass is 16.6. The van der Waals surface area contributed by atoms with Gasteiger partial charge >= 0.3 is 11.9 Å². The van der Waals surface area contributed by atoms with Gasteiger partial charge in [-0.05, 0) is 83.0 Å². The monoisotopic (exact) mass is 334 g/mol. The Morgan fingerprint density at radius 2 is 1.42 bits per heavy atom. The summed E-state index contributed by atoms with van der Waals surface area (Å²) in [5.74, 6) is 0.886. The van der Waals surface area contributed by atoms with Gasteiger partial charge in [0, 0.05) is 5.41 Å². The molecule has 0 aromatic carbocycles. The first kappa shape index (κ1) is 16.4. The van der Waals surface area contributed by atoms with Crippen LogP contribution in [0.3, 0.4) is 0 Å². The fraction of sp³-hybridized carbons (Fsp3) is 0.900. The molecule has 0 heterocycles. The zero-order valence-electron chi connectivity index (χ0n) is 15.0. The van der Waals surface area contributed by atoms with E-state index in [1.807, 2.05) is 13.8 Å². The predicted octanol–water partition coefficient (Wildman–Crippen LogP) is 4.17. The van der Waals surface area contributed by atoms with Crippen LogP contribution in [0, 0.1) is 28.6 Å². The number of carbonyl (C=O) groups is 2. The quantitative estimate of drug-likeness (QED) is 0.619. The average molecular weight is 334 g/mol. The molecule has 0 aromatic heterocycles. The molecule has 0 spiro atoms. The minimum Gasteiger partial charge on any atom is -0.480 e. The Hall–Kier alpha value is -1.06. The summed E-state index contributed by atoms with van der Waals surface area (Å²) in [5, 5.41) is 9.66. The van der Waals surface area contributed by atoms with Crippen molar-refractivity contribution in [2.24, 2.45) is 28.6 Å². The zero-order valence-corrected chi connectivity index (χ0v) is 15.0. The van der Waals surface area contributed by atoms with E-state index < -0.39 is 23.0 Å². The average Bonchev–Trinajstić information content (AvgIpc) is 2.96. The number of esters is 1. The lowest BCUT2D eigenvalue weighted by Gasteiger charge is -2.61. The maximum Gasteiger partial charge on any atom is 0.324 e. The molecule has 5 aliphatic rings. The van der Waals surface area contributed by atoms with Crippen LogP contribution in [0.5, 0.6) is 0 Å². The van der Waals surface area contributed by atoms with E-state index >= 15 is 0 Å². The molecule has 0 aliphatic heterocycles. The predicted molar refractivity (Wildman–Crippen MR) is 89.3 cm³/mol. The van der Waals surface area contributed by atoms with E-state index in [9.17, 15) is 14.7 Å². The second-order valence-electron chi connectivity index (χ2n) is 9.69. The van der Waals surface area contributed by atoms with E-state index in [1.54, 1.807) is 0 Å². The Balaban J connectivity index is 1.57. The first-order valence-electron chi connectivity index (χ1n) is 9.73. The lowest BCUT2D eigenvalue weighted by Crippen LogP contribution is -2.58. The number of carbonyl (C=O) groups excluding carboxylic acids is 1. The third-order valence-electron chi connectivity index (χ3n) is 7.92. The molecule has 0 amide bonds. The van der Waals surface area contributed by atoms with Gasteiger partial charge in [0.1, 0.15) is 5.60 Å². The summed E-state index contributed by atoms with van der Waals surface area (Å²) >= 11 is 0. The molecular formula is C20H30O4. The molecule has 24 heavy (non-hydrogen) atoms. The molecule has 4 heteroatoms. The summed E-state index contributed by atoms with van der Waals surface area (Å²) in [7, 11) is 0. The van der Waals surface area contributed by atoms with Gasteiger partial charge in [-0.15, -0.1) is 0 Å². The molecule has 0 unspecified atom stereocenters. The van der Waals surface area contributed by atoms with Crippen LogP contribution in [0.2, 0.25) is 0 Å². The summed E-state index contributed by atoms with van der Waals surface area (Å²) < 4.78 is 6.05. The van der Waals surface area contributed by atoms with E-state index in [2.05, 4.69) is 0 Å². The molecule has 5 rings (SSSR count). The fourth-order valence-electron chi connectivity index (χ4n) is 6.77. The van der Waals surface area contributed by atoms with Crippen LogP contribution in [0.15, 0.2) is 0 Å². The summed E-state index contributed by atoms with van der Waals surface area (Å²) in [6.45, 7) is 4.09. The van der Waals surface area contributed by atoms with Crippen LogP contribution in [-0.4, -0.2) is 22.6 Å². The van der Waals surface area contributed by atoms with Crippen LogP contribution >= 0.6 is 0 Å². The first-order chi connectivity index (χ1) is 11.3. The molecule has 134 valence electrons. The van der Waals surface area contributed by atoms with Crippen LogP contribution in [0.25, 0.3) is 0 Å². The van der Waals surface area contributed by atoms with Crippen LogP contribution in [0.4, 0.5) is 0 Å². The molecule has 1 N–H and O–H groups in total. The van der Waals surface area contributed by atoms with Crippen molar-refractivity contribution in [3.63, 3.8) is 0 Å². The summed E-state index contributed by atoms with van der Waals surface area (Å²) in [6, 6.07) is 0. The molecule has 5 fully saturated rings. The van der Waals surface area contributed by atoms with Gasteiger partial charge in [-0.25, -0.2) is 0 Å². The minimum absolute atomic E-state index is 0.0652. The second-order valence-corrected chi connectivity index (χ2v) is 9.69. The van der Waals surface area contributed by atoms with E-state index in [-0.39, 0.29) is 5.41 Å². The van der Waals surface area contributed by atoms with Gasteiger partial charge in [0.2, 0.25) is 0 Å². The molecule has 0 aromatic rings. The van der Waals surface area contributed by atoms with Crippen LogP contribution in [-0.2, 0) is 14.3 Å². The van der Waals surface area contributed by atoms with Crippen LogP contribution < -0.4 is 0 Å². The summed E-state index contributed by atoms with van der Waals surface area (Å²) in [4.78, 5) is 24.7. The molecule has 4 bridgehead atoms. The molecule has 5 saturated carbocycles. The van der Waals surface area contributed by atoms with Gasteiger partial charge in [-0.3, -0.25) is 9.59 Å². The number of hydrogen-bond acceptors (Lipinski definition) is 3. The van der Waals surface area contributed by atoms with Gasteiger partial charge in [-0.2, -0.15) is 0 Å². The fourth-order valence-corrected chi connectivity index (χ4v) is 6.77. The summed E-state index contributed by atoms with van der Waals surface area (Å²) in [6.07, 6.45) is 9.97. The van der Waals surface area contributed by atoms with E-state index in [4.69, 9.17) is 4.74 Å². The standard InChI is InChI=1S/C20H30O4/c1-18(2,24-17(23)20(16(21)22)5-3-4-6-20)19-10-13-7-14(11-19)9-15(8-13)12-19/h13-15H,3-12H2,1-2H3,(H,21,22). The van der Waals surface area contributed by atoms with E-state index in [0.717, 1.165) is 49.9 Å². The highest BCUT2D eigenvalue weighted by molar-refractivity contribution is 5.99. The maximum atomic E-state index is 12.9. The van der Waals surface area contributed by atoms with Gasteiger partial charge in [0.25, 0.3) is 0 Å². The Labute approximate surface area is 144 Å².